The molecule has 0 heterocycles. The zero-order valence-electron chi connectivity index (χ0n) is 10.7. The number of aryl methyl sites for hydroxylation is 1. The first kappa shape index (κ1) is 13.5. The molecular weight excluding hydrogens is 249 g/mol. The van der Waals surface area contributed by atoms with E-state index in [9.17, 15) is 14.0 Å². The molecule has 0 radical (unpaired) electrons. The predicted octanol–water partition coefficient (Wildman–Crippen LogP) is 2.26. The van der Waals surface area contributed by atoms with Gasteiger partial charge in [0.1, 0.15) is 5.82 Å². The molecule has 4 nitrogen and oxygen atoms in total. The van der Waals surface area contributed by atoms with E-state index in [1.807, 2.05) is 0 Å². The summed E-state index contributed by atoms with van der Waals surface area (Å²) in [6.45, 7) is 1.59. The van der Waals surface area contributed by atoms with Gasteiger partial charge in [0.25, 0.3) is 5.91 Å². The van der Waals surface area contributed by atoms with Crippen LogP contribution < -0.4 is 5.32 Å². The normalized spacial score (nSPS) is 16.5. The number of carboxylic acid groups (broad SMARTS) is 1. The van der Waals surface area contributed by atoms with Gasteiger partial charge in [-0.3, -0.25) is 9.59 Å². The van der Waals surface area contributed by atoms with Gasteiger partial charge < -0.3 is 10.4 Å². The molecule has 0 aromatic heterocycles. The summed E-state index contributed by atoms with van der Waals surface area (Å²) in [4.78, 5) is 22.9. The van der Waals surface area contributed by atoms with Crippen LogP contribution in [0.5, 0.6) is 0 Å². The van der Waals surface area contributed by atoms with Gasteiger partial charge in [-0.2, -0.15) is 0 Å². The van der Waals surface area contributed by atoms with Crippen molar-refractivity contribution in [1.82, 2.24) is 5.32 Å². The SMILES string of the molecule is Cc1cccc(C(=O)NC2(CC(=O)O)CCC2)c1F. The van der Waals surface area contributed by atoms with Crippen molar-refractivity contribution in [3.05, 3.63) is 35.1 Å². The highest BCUT2D eigenvalue weighted by Crippen LogP contribution is 2.35. The van der Waals surface area contributed by atoms with Crippen molar-refractivity contribution in [2.75, 3.05) is 0 Å². The lowest BCUT2D eigenvalue weighted by Crippen LogP contribution is -2.54. The van der Waals surface area contributed by atoms with E-state index in [1.165, 1.54) is 6.07 Å². The van der Waals surface area contributed by atoms with Gasteiger partial charge in [-0.25, -0.2) is 4.39 Å². The molecule has 1 aliphatic carbocycles. The molecule has 1 aliphatic rings. The Bertz CT molecular complexity index is 523. The van der Waals surface area contributed by atoms with E-state index < -0.39 is 23.2 Å². The summed E-state index contributed by atoms with van der Waals surface area (Å²) < 4.78 is 13.8. The van der Waals surface area contributed by atoms with Crippen LogP contribution in [0.3, 0.4) is 0 Å². The molecule has 0 saturated heterocycles. The Balaban J connectivity index is 2.16. The smallest absolute Gasteiger partial charge is 0.305 e. The second-order valence-corrected chi connectivity index (χ2v) is 5.09. The van der Waals surface area contributed by atoms with Crippen LogP contribution in [0.15, 0.2) is 18.2 Å². The Morgan fingerprint density at radius 2 is 2.11 bits per heavy atom. The molecule has 1 aromatic carbocycles. The first-order valence-electron chi connectivity index (χ1n) is 6.23. The quantitative estimate of drug-likeness (QED) is 0.877. The molecule has 0 spiro atoms. The minimum absolute atomic E-state index is 0.0309. The second kappa shape index (κ2) is 4.99. The number of hydrogen-bond acceptors (Lipinski definition) is 2. The summed E-state index contributed by atoms with van der Waals surface area (Å²) >= 11 is 0. The number of carbonyl (C=O) groups is 2. The molecule has 0 atom stereocenters. The van der Waals surface area contributed by atoms with Crippen molar-refractivity contribution in [3.63, 3.8) is 0 Å². The van der Waals surface area contributed by atoms with Crippen LogP contribution in [0, 0.1) is 12.7 Å². The number of benzene rings is 1. The maximum absolute atomic E-state index is 13.8. The Morgan fingerprint density at radius 3 is 2.63 bits per heavy atom. The third-order valence-electron chi connectivity index (χ3n) is 3.62. The van der Waals surface area contributed by atoms with E-state index in [1.54, 1.807) is 19.1 Å². The fourth-order valence-corrected chi connectivity index (χ4v) is 2.37. The van der Waals surface area contributed by atoms with Crippen LogP contribution in [0.2, 0.25) is 0 Å². The van der Waals surface area contributed by atoms with E-state index in [4.69, 9.17) is 5.11 Å². The number of halogens is 1. The van der Waals surface area contributed by atoms with E-state index in [2.05, 4.69) is 5.32 Å². The number of carbonyl (C=O) groups excluding carboxylic acids is 1. The third kappa shape index (κ3) is 2.75. The Kier molecular flexibility index (Phi) is 3.55. The molecule has 0 bridgehead atoms. The van der Waals surface area contributed by atoms with Crippen molar-refractivity contribution in [2.24, 2.45) is 0 Å². The Hall–Kier alpha value is -1.91. The largest absolute Gasteiger partial charge is 0.481 e. The second-order valence-electron chi connectivity index (χ2n) is 5.09. The molecule has 2 rings (SSSR count). The molecule has 1 amide bonds. The lowest BCUT2D eigenvalue weighted by Gasteiger charge is -2.41. The van der Waals surface area contributed by atoms with Gasteiger partial charge in [-0.1, -0.05) is 12.1 Å². The van der Waals surface area contributed by atoms with Crippen molar-refractivity contribution < 1.29 is 19.1 Å². The number of rotatable bonds is 4. The topological polar surface area (TPSA) is 66.4 Å². The monoisotopic (exact) mass is 265 g/mol. The van der Waals surface area contributed by atoms with Gasteiger partial charge in [0, 0.05) is 0 Å². The lowest BCUT2D eigenvalue weighted by molar-refractivity contribution is -0.139. The molecule has 1 aromatic rings. The standard InChI is InChI=1S/C14H16FNO3/c1-9-4-2-5-10(12(9)15)13(19)16-14(6-3-7-14)8-11(17)18/h2,4-5H,3,6-8H2,1H3,(H,16,19)(H,17,18). The fraction of sp³-hybridized carbons (Fsp3) is 0.429. The summed E-state index contributed by atoms with van der Waals surface area (Å²) in [5.74, 6) is -2.04. The Labute approximate surface area is 110 Å². The fourth-order valence-electron chi connectivity index (χ4n) is 2.37. The predicted molar refractivity (Wildman–Crippen MR) is 67.4 cm³/mol. The average Bonchev–Trinajstić information content (AvgIpc) is 2.29. The van der Waals surface area contributed by atoms with Gasteiger partial charge in [-0.15, -0.1) is 0 Å². The number of nitrogens with one attached hydrogen (secondary N) is 1. The zero-order chi connectivity index (χ0) is 14.0. The van der Waals surface area contributed by atoms with E-state index in [0.717, 1.165) is 6.42 Å². The number of amides is 1. The highest BCUT2D eigenvalue weighted by atomic mass is 19.1. The zero-order valence-corrected chi connectivity index (χ0v) is 10.7. The highest BCUT2D eigenvalue weighted by Gasteiger charge is 2.40. The first-order chi connectivity index (χ1) is 8.93. The highest BCUT2D eigenvalue weighted by molar-refractivity contribution is 5.95. The summed E-state index contributed by atoms with van der Waals surface area (Å²) in [7, 11) is 0. The number of aliphatic carboxylic acids is 1. The van der Waals surface area contributed by atoms with Crippen molar-refractivity contribution >= 4 is 11.9 Å². The summed E-state index contributed by atoms with van der Waals surface area (Å²) in [6.07, 6.45) is 2.01. The maximum Gasteiger partial charge on any atom is 0.305 e. The molecule has 5 heteroatoms. The van der Waals surface area contributed by atoms with Crippen molar-refractivity contribution in [1.29, 1.82) is 0 Å². The number of hydrogen-bond donors (Lipinski definition) is 2. The maximum atomic E-state index is 13.8. The summed E-state index contributed by atoms with van der Waals surface area (Å²) in [5.41, 5.74) is -0.343. The number of carboxylic acids is 1. The van der Waals surface area contributed by atoms with Gasteiger partial charge in [0.15, 0.2) is 0 Å². The van der Waals surface area contributed by atoms with E-state index in [0.29, 0.717) is 18.4 Å². The van der Waals surface area contributed by atoms with Crippen molar-refractivity contribution in [2.45, 2.75) is 38.1 Å². The minimum atomic E-state index is -0.954. The van der Waals surface area contributed by atoms with Crippen LogP contribution in [0.25, 0.3) is 0 Å². The molecule has 102 valence electrons. The third-order valence-corrected chi connectivity index (χ3v) is 3.62. The van der Waals surface area contributed by atoms with Gasteiger partial charge in [0.2, 0.25) is 0 Å². The molecule has 19 heavy (non-hydrogen) atoms. The average molecular weight is 265 g/mol. The van der Waals surface area contributed by atoms with E-state index >= 15 is 0 Å². The van der Waals surface area contributed by atoms with Crippen molar-refractivity contribution in [3.8, 4) is 0 Å². The molecule has 1 saturated carbocycles. The minimum Gasteiger partial charge on any atom is -0.481 e. The van der Waals surface area contributed by atoms with Crippen LogP contribution in [0.1, 0.15) is 41.6 Å². The van der Waals surface area contributed by atoms with Crippen LogP contribution >= 0.6 is 0 Å². The molecule has 0 aliphatic heterocycles. The van der Waals surface area contributed by atoms with Crippen LogP contribution in [0.4, 0.5) is 4.39 Å². The first-order valence-corrected chi connectivity index (χ1v) is 6.23. The van der Waals surface area contributed by atoms with Crippen LogP contribution in [-0.2, 0) is 4.79 Å². The van der Waals surface area contributed by atoms with Gasteiger partial charge >= 0.3 is 5.97 Å². The van der Waals surface area contributed by atoms with Crippen LogP contribution in [-0.4, -0.2) is 22.5 Å². The molecule has 1 fully saturated rings. The van der Waals surface area contributed by atoms with Gasteiger partial charge in [0.05, 0.1) is 17.5 Å². The molecular formula is C14H16FNO3. The van der Waals surface area contributed by atoms with E-state index in [-0.39, 0.29) is 12.0 Å². The van der Waals surface area contributed by atoms with Gasteiger partial charge in [-0.05, 0) is 37.8 Å². The molecule has 2 N–H and O–H groups in total. The Morgan fingerprint density at radius 1 is 1.42 bits per heavy atom. The lowest BCUT2D eigenvalue weighted by atomic mass is 9.74. The summed E-state index contributed by atoms with van der Waals surface area (Å²) in [6, 6.07) is 4.60. The molecule has 0 unspecified atom stereocenters. The summed E-state index contributed by atoms with van der Waals surface area (Å²) in [5, 5.41) is 11.6.